The highest BCUT2D eigenvalue weighted by Crippen LogP contribution is 2.25. The second kappa shape index (κ2) is 8.76. The molecular formula is C20H25ClN2O3S. The lowest BCUT2D eigenvalue weighted by Crippen LogP contribution is -2.49. The van der Waals surface area contributed by atoms with E-state index >= 15 is 0 Å². The van der Waals surface area contributed by atoms with Crippen molar-refractivity contribution in [3.63, 3.8) is 0 Å². The van der Waals surface area contributed by atoms with E-state index in [4.69, 9.17) is 11.6 Å². The minimum Gasteiger partial charge on any atom is -0.350 e. The fraction of sp³-hybridized carbons (Fsp3) is 0.350. The van der Waals surface area contributed by atoms with E-state index in [1.165, 1.54) is 4.31 Å². The predicted octanol–water partition coefficient (Wildman–Crippen LogP) is 3.82. The number of rotatable bonds is 7. The molecule has 0 fully saturated rings. The fourth-order valence-corrected chi connectivity index (χ4v) is 4.37. The van der Waals surface area contributed by atoms with Gasteiger partial charge in [-0.1, -0.05) is 36.7 Å². The van der Waals surface area contributed by atoms with Crippen LogP contribution in [-0.2, 0) is 21.4 Å². The van der Waals surface area contributed by atoms with Crippen molar-refractivity contribution in [2.75, 3.05) is 10.6 Å². The number of nitrogens with one attached hydrogen (secondary N) is 1. The normalized spacial score (nSPS) is 12.5. The van der Waals surface area contributed by atoms with Crippen molar-refractivity contribution in [3.05, 3.63) is 64.2 Å². The molecule has 0 aliphatic rings. The van der Waals surface area contributed by atoms with Crippen LogP contribution in [0, 0.1) is 13.8 Å². The molecule has 5 nitrogen and oxygen atoms in total. The maximum Gasteiger partial charge on any atom is 0.244 e. The highest BCUT2D eigenvalue weighted by Gasteiger charge is 2.31. The highest BCUT2D eigenvalue weighted by atomic mass is 35.5. The number of anilines is 1. The minimum atomic E-state index is -3.64. The SMILES string of the molecule is CCC(C(=O)NCc1ccc(Cl)cc1)N(c1cc(C)cc(C)c1)S(C)(=O)=O. The first-order valence-electron chi connectivity index (χ1n) is 8.71. The summed E-state index contributed by atoms with van der Waals surface area (Å²) in [5.41, 5.74) is 3.27. The molecule has 2 aromatic rings. The van der Waals surface area contributed by atoms with Crippen LogP contribution in [0.5, 0.6) is 0 Å². The van der Waals surface area contributed by atoms with E-state index in [0.717, 1.165) is 22.9 Å². The molecule has 1 N–H and O–H groups in total. The lowest BCUT2D eigenvalue weighted by Gasteiger charge is -2.30. The number of carbonyl (C=O) groups excluding carboxylic acids is 1. The van der Waals surface area contributed by atoms with Gasteiger partial charge in [-0.2, -0.15) is 0 Å². The molecule has 1 amide bonds. The topological polar surface area (TPSA) is 66.5 Å². The Balaban J connectivity index is 2.28. The van der Waals surface area contributed by atoms with Crippen molar-refractivity contribution >= 4 is 33.2 Å². The van der Waals surface area contributed by atoms with Gasteiger partial charge in [-0.25, -0.2) is 8.42 Å². The molecular weight excluding hydrogens is 384 g/mol. The fourth-order valence-electron chi connectivity index (χ4n) is 3.05. The average molecular weight is 409 g/mol. The van der Waals surface area contributed by atoms with E-state index < -0.39 is 16.1 Å². The monoisotopic (exact) mass is 408 g/mol. The van der Waals surface area contributed by atoms with E-state index in [1.54, 1.807) is 31.2 Å². The van der Waals surface area contributed by atoms with Crippen LogP contribution in [0.4, 0.5) is 5.69 Å². The van der Waals surface area contributed by atoms with Crippen LogP contribution < -0.4 is 9.62 Å². The van der Waals surface area contributed by atoms with Crippen molar-refractivity contribution in [2.24, 2.45) is 0 Å². The summed E-state index contributed by atoms with van der Waals surface area (Å²) in [6, 6.07) is 11.8. The Morgan fingerprint density at radius 2 is 1.67 bits per heavy atom. The number of nitrogens with zero attached hydrogens (tertiary/aromatic N) is 1. The molecule has 2 aromatic carbocycles. The van der Waals surface area contributed by atoms with E-state index in [-0.39, 0.29) is 5.91 Å². The van der Waals surface area contributed by atoms with E-state index in [0.29, 0.717) is 23.7 Å². The molecule has 1 unspecified atom stereocenters. The van der Waals surface area contributed by atoms with Crippen molar-refractivity contribution in [3.8, 4) is 0 Å². The predicted molar refractivity (Wildman–Crippen MR) is 111 cm³/mol. The molecule has 27 heavy (non-hydrogen) atoms. The highest BCUT2D eigenvalue weighted by molar-refractivity contribution is 7.92. The van der Waals surface area contributed by atoms with Gasteiger partial charge in [0.2, 0.25) is 15.9 Å². The van der Waals surface area contributed by atoms with Crippen molar-refractivity contribution < 1.29 is 13.2 Å². The van der Waals surface area contributed by atoms with Gasteiger partial charge in [0.15, 0.2) is 0 Å². The summed E-state index contributed by atoms with van der Waals surface area (Å²) in [5, 5.41) is 3.45. The Hall–Kier alpha value is -2.05. The molecule has 0 heterocycles. The summed E-state index contributed by atoms with van der Waals surface area (Å²) in [5.74, 6) is -0.336. The Bertz CT molecular complexity index is 891. The number of halogens is 1. The third kappa shape index (κ3) is 5.71. The molecule has 0 saturated heterocycles. The van der Waals surface area contributed by atoms with Crippen LogP contribution in [0.2, 0.25) is 5.02 Å². The van der Waals surface area contributed by atoms with Gasteiger partial charge in [0.25, 0.3) is 0 Å². The van der Waals surface area contributed by atoms with Gasteiger partial charge in [-0.3, -0.25) is 9.10 Å². The van der Waals surface area contributed by atoms with E-state index in [2.05, 4.69) is 5.32 Å². The van der Waals surface area contributed by atoms with Crippen LogP contribution in [0.1, 0.15) is 30.0 Å². The van der Waals surface area contributed by atoms with Gasteiger partial charge in [0.1, 0.15) is 6.04 Å². The second-order valence-corrected chi connectivity index (χ2v) is 8.97. The zero-order chi connectivity index (χ0) is 20.2. The number of hydrogen-bond acceptors (Lipinski definition) is 3. The summed E-state index contributed by atoms with van der Waals surface area (Å²) in [6.45, 7) is 5.90. The number of benzene rings is 2. The Kier molecular flexibility index (Phi) is 6.89. The first kappa shape index (κ1) is 21.3. The molecule has 0 saturated carbocycles. The molecule has 1 atom stereocenters. The second-order valence-electron chi connectivity index (χ2n) is 6.67. The number of sulfonamides is 1. The van der Waals surface area contributed by atoms with Crippen LogP contribution in [0.15, 0.2) is 42.5 Å². The summed E-state index contributed by atoms with van der Waals surface area (Å²) < 4.78 is 26.2. The number of hydrogen-bond donors (Lipinski definition) is 1. The summed E-state index contributed by atoms with van der Waals surface area (Å²) in [4.78, 5) is 12.8. The summed E-state index contributed by atoms with van der Waals surface area (Å²) in [6.07, 6.45) is 1.48. The summed E-state index contributed by atoms with van der Waals surface area (Å²) >= 11 is 5.87. The molecule has 0 aliphatic carbocycles. The molecule has 0 radical (unpaired) electrons. The molecule has 7 heteroatoms. The van der Waals surface area contributed by atoms with Gasteiger partial charge in [-0.05, 0) is 61.2 Å². The first-order valence-corrected chi connectivity index (χ1v) is 10.9. The van der Waals surface area contributed by atoms with Gasteiger partial charge < -0.3 is 5.32 Å². The van der Waals surface area contributed by atoms with Gasteiger partial charge in [-0.15, -0.1) is 0 Å². The quantitative estimate of drug-likeness (QED) is 0.757. The summed E-state index contributed by atoms with van der Waals surface area (Å²) in [7, 11) is -3.64. The van der Waals surface area contributed by atoms with Gasteiger partial charge in [0, 0.05) is 11.6 Å². The first-order chi connectivity index (χ1) is 12.6. The molecule has 146 valence electrons. The maximum atomic E-state index is 12.8. The van der Waals surface area contributed by atoms with Crippen molar-refractivity contribution in [1.82, 2.24) is 5.32 Å². The Morgan fingerprint density at radius 1 is 1.11 bits per heavy atom. The molecule has 0 aromatic heterocycles. The minimum absolute atomic E-state index is 0.303. The Labute approximate surface area is 166 Å². The maximum absolute atomic E-state index is 12.8. The molecule has 0 bridgehead atoms. The molecule has 2 rings (SSSR count). The smallest absolute Gasteiger partial charge is 0.244 e. The van der Waals surface area contributed by atoms with E-state index in [1.807, 2.05) is 32.0 Å². The van der Waals surface area contributed by atoms with Crippen LogP contribution >= 0.6 is 11.6 Å². The van der Waals surface area contributed by atoms with Crippen LogP contribution in [0.3, 0.4) is 0 Å². The van der Waals surface area contributed by atoms with Crippen molar-refractivity contribution in [2.45, 2.75) is 39.8 Å². The average Bonchev–Trinajstić information content (AvgIpc) is 2.56. The number of carbonyl (C=O) groups is 1. The zero-order valence-electron chi connectivity index (χ0n) is 16.0. The molecule has 0 spiro atoms. The van der Waals surface area contributed by atoms with Gasteiger partial charge in [0.05, 0.1) is 11.9 Å². The van der Waals surface area contributed by atoms with E-state index in [9.17, 15) is 13.2 Å². The zero-order valence-corrected chi connectivity index (χ0v) is 17.6. The van der Waals surface area contributed by atoms with Crippen molar-refractivity contribution in [1.29, 1.82) is 0 Å². The standard InChI is InChI=1S/C20H25ClN2O3S/c1-5-19(20(24)22-13-16-6-8-17(21)9-7-16)23(27(4,25)26)18-11-14(2)10-15(3)12-18/h6-12,19H,5,13H2,1-4H3,(H,22,24). The third-order valence-electron chi connectivity index (χ3n) is 4.17. The molecule has 0 aliphatic heterocycles. The van der Waals surface area contributed by atoms with Crippen LogP contribution in [0.25, 0.3) is 0 Å². The van der Waals surface area contributed by atoms with Gasteiger partial charge >= 0.3 is 0 Å². The largest absolute Gasteiger partial charge is 0.350 e. The number of amides is 1. The number of aryl methyl sites for hydroxylation is 2. The van der Waals surface area contributed by atoms with Crippen LogP contribution in [-0.4, -0.2) is 26.6 Å². The lowest BCUT2D eigenvalue weighted by atomic mass is 10.1. The lowest BCUT2D eigenvalue weighted by molar-refractivity contribution is -0.122. The third-order valence-corrected chi connectivity index (χ3v) is 5.60. The Morgan fingerprint density at radius 3 is 2.15 bits per heavy atom.